The smallest absolute Gasteiger partial charge is 0.242 e. The Hall–Kier alpha value is -1.17. The third-order valence-corrected chi connectivity index (χ3v) is 2.56. The molecular formula is C8H16N6. The summed E-state index contributed by atoms with van der Waals surface area (Å²) in [7, 11) is 1.83. The van der Waals surface area contributed by atoms with Gasteiger partial charge >= 0.3 is 0 Å². The lowest BCUT2D eigenvalue weighted by Crippen LogP contribution is -2.24. The molecular weight excluding hydrogens is 180 g/mol. The highest BCUT2D eigenvalue weighted by Crippen LogP contribution is 2.08. The van der Waals surface area contributed by atoms with Gasteiger partial charge in [0.25, 0.3) is 0 Å². The Balaban J connectivity index is 1.70. The number of aromatic nitrogens is 4. The van der Waals surface area contributed by atoms with Gasteiger partial charge < -0.3 is 10.6 Å². The van der Waals surface area contributed by atoms with Gasteiger partial charge in [0.15, 0.2) is 0 Å². The highest BCUT2D eigenvalue weighted by atomic mass is 15.6. The van der Waals surface area contributed by atoms with Crippen molar-refractivity contribution in [1.29, 1.82) is 0 Å². The normalized spacial score (nSPS) is 21.4. The van der Waals surface area contributed by atoms with Gasteiger partial charge in [0.1, 0.15) is 0 Å². The van der Waals surface area contributed by atoms with Crippen molar-refractivity contribution in [3.05, 3.63) is 0 Å². The number of anilines is 1. The predicted octanol–water partition coefficient (Wildman–Crippen LogP) is -0.236. The van der Waals surface area contributed by atoms with E-state index in [0.29, 0.717) is 6.04 Å². The van der Waals surface area contributed by atoms with Crippen molar-refractivity contribution in [2.75, 3.05) is 18.4 Å². The summed E-state index contributed by atoms with van der Waals surface area (Å²) in [5, 5.41) is 17.8. The molecule has 0 radical (unpaired) electrons. The fraction of sp³-hybridized carbons (Fsp3) is 0.875. The van der Waals surface area contributed by atoms with Crippen LogP contribution in [0.2, 0.25) is 0 Å². The summed E-state index contributed by atoms with van der Waals surface area (Å²) in [5.74, 6) is 0.739. The van der Waals surface area contributed by atoms with Gasteiger partial charge in [-0.3, -0.25) is 0 Å². The number of tetrazole rings is 1. The first-order valence-corrected chi connectivity index (χ1v) is 5.06. The van der Waals surface area contributed by atoms with E-state index in [0.717, 1.165) is 25.5 Å². The molecule has 1 atom stereocenters. The minimum Gasteiger partial charge on any atom is -0.353 e. The Morgan fingerprint density at radius 2 is 2.57 bits per heavy atom. The van der Waals surface area contributed by atoms with Crippen LogP contribution in [0.15, 0.2) is 0 Å². The van der Waals surface area contributed by atoms with Crippen molar-refractivity contribution in [1.82, 2.24) is 25.5 Å². The fourth-order valence-electron chi connectivity index (χ4n) is 1.74. The zero-order chi connectivity index (χ0) is 9.80. The minimum atomic E-state index is 0.670. The average molecular weight is 196 g/mol. The second kappa shape index (κ2) is 4.36. The number of nitrogens with one attached hydrogen (secondary N) is 2. The maximum atomic E-state index is 3.85. The summed E-state index contributed by atoms with van der Waals surface area (Å²) in [5.41, 5.74) is 0. The van der Waals surface area contributed by atoms with Crippen molar-refractivity contribution < 1.29 is 0 Å². The van der Waals surface area contributed by atoms with Gasteiger partial charge in [-0.05, 0) is 36.2 Å². The molecule has 2 heterocycles. The van der Waals surface area contributed by atoms with Crippen molar-refractivity contribution in [3.8, 4) is 0 Å². The summed E-state index contributed by atoms with van der Waals surface area (Å²) in [4.78, 5) is 0. The molecule has 14 heavy (non-hydrogen) atoms. The Morgan fingerprint density at radius 1 is 1.64 bits per heavy atom. The summed E-state index contributed by atoms with van der Waals surface area (Å²) < 4.78 is 1.64. The molecule has 6 heteroatoms. The van der Waals surface area contributed by atoms with Gasteiger partial charge in [0.2, 0.25) is 5.95 Å². The standard InChI is InChI=1S/C8H16N6/c1-14-8(11-12-13-14)10-6-4-7-3-2-5-9-7/h7,9H,2-6H2,1H3,(H,10,11,13)/t7-/m0/s1. The Kier molecular flexibility index (Phi) is 2.93. The van der Waals surface area contributed by atoms with Crippen LogP contribution in [-0.4, -0.2) is 39.3 Å². The highest BCUT2D eigenvalue weighted by molar-refractivity contribution is 5.20. The average Bonchev–Trinajstić information content (AvgIpc) is 2.78. The number of rotatable bonds is 4. The lowest BCUT2D eigenvalue weighted by molar-refractivity contribution is 0.572. The van der Waals surface area contributed by atoms with E-state index < -0.39 is 0 Å². The first-order chi connectivity index (χ1) is 6.86. The van der Waals surface area contributed by atoms with E-state index in [2.05, 4.69) is 26.2 Å². The second-order valence-corrected chi connectivity index (χ2v) is 3.63. The van der Waals surface area contributed by atoms with E-state index in [9.17, 15) is 0 Å². The van der Waals surface area contributed by atoms with Crippen LogP contribution in [0.4, 0.5) is 5.95 Å². The highest BCUT2D eigenvalue weighted by Gasteiger charge is 2.13. The molecule has 2 N–H and O–H groups in total. The quantitative estimate of drug-likeness (QED) is 0.696. The van der Waals surface area contributed by atoms with Gasteiger partial charge in [-0.2, -0.15) is 0 Å². The molecule has 1 aromatic heterocycles. The molecule has 0 spiro atoms. The third-order valence-electron chi connectivity index (χ3n) is 2.56. The van der Waals surface area contributed by atoms with Crippen molar-refractivity contribution in [2.45, 2.75) is 25.3 Å². The van der Waals surface area contributed by atoms with Crippen LogP contribution in [0.5, 0.6) is 0 Å². The van der Waals surface area contributed by atoms with Crippen LogP contribution in [-0.2, 0) is 7.05 Å². The molecule has 6 nitrogen and oxygen atoms in total. The maximum absolute atomic E-state index is 3.85. The Bertz CT molecular complexity index is 277. The molecule has 0 aliphatic carbocycles. The zero-order valence-corrected chi connectivity index (χ0v) is 8.40. The van der Waals surface area contributed by atoms with Crippen LogP contribution in [0.1, 0.15) is 19.3 Å². The predicted molar refractivity (Wildman–Crippen MR) is 52.9 cm³/mol. The SMILES string of the molecule is Cn1nnnc1NCC[C@@H]1CCCN1. The summed E-state index contributed by atoms with van der Waals surface area (Å²) in [6.45, 7) is 2.09. The molecule has 0 aromatic carbocycles. The summed E-state index contributed by atoms with van der Waals surface area (Å²) in [6, 6.07) is 0.670. The van der Waals surface area contributed by atoms with Crippen LogP contribution < -0.4 is 10.6 Å². The number of hydrogen-bond donors (Lipinski definition) is 2. The van der Waals surface area contributed by atoms with Gasteiger partial charge in [-0.15, -0.1) is 0 Å². The molecule has 1 aliphatic rings. The van der Waals surface area contributed by atoms with Crippen LogP contribution in [0, 0.1) is 0 Å². The van der Waals surface area contributed by atoms with E-state index >= 15 is 0 Å². The minimum absolute atomic E-state index is 0.670. The van der Waals surface area contributed by atoms with E-state index in [4.69, 9.17) is 0 Å². The number of aryl methyl sites for hydroxylation is 1. The zero-order valence-electron chi connectivity index (χ0n) is 8.40. The molecule has 1 aromatic rings. The maximum Gasteiger partial charge on any atom is 0.242 e. The Labute approximate surface area is 83.1 Å². The lowest BCUT2D eigenvalue weighted by atomic mass is 10.2. The molecule has 0 amide bonds. The molecule has 2 rings (SSSR count). The molecule has 0 saturated carbocycles. The molecule has 0 unspecified atom stereocenters. The van der Waals surface area contributed by atoms with Crippen molar-refractivity contribution >= 4 is 5.95 Å². The van der Waals surface area contributed by atoms with Crippen LogP contribution >= 0.6 is 0 Å². The van der Waals surface area contributed by atoms with E-state index in [1.54, 1.807) is 4.68 Å². The van der Waals surface area contributed by atoms with Gasteiger partial charge in [0.05, 0.1) is 0 Å². The lowest BCUT2D eigenvalue weighted by Gasteiger charge is -2.09. The summed E-state index contributed by atoms with van der Waals surface area (Å²) >= 11 is 0. The van der Waals surface area contributed by atoms with E-state index in [1.807, 2.05) is 7.05 Å². The number of nitrogens with zero attached hydrogens (tertiary/aromatic N) is 4. The largest absolute Gasteiger partial charge is 0.353 e. The number of hydrogen-bond acceptors (Lipinski definition) is 5. The second-order valence-electron chi connectivity index (χ2n) is 3.63. The molecule has 1 saturated heterocycles. The van der Waals surface area contributed by atoms with Gasteiger partial charge in [0, 0.05) is 19.6 Å². The van der Waals surface area contributed by atoms with Gasteiger partial charge in [-0.1, -0.05) is 5.10 Å². The van der Waals surface area contributed by atoms with Crippen molar-refractivity contribution in [2.24, 2.45) is 7.05 Å². The molecule has 1 fully saturated rings. The van der Waals surface area contributed by atoms with Gasteiger partial charge in [-0.25, -0.2) is 4.68 Å². The molecule has 78 valence electrons. The fourth-order valence-corrected chi connectivity index (χ4v) is 1.74. The topological polar surface area (TPSA) is 67.7 Å². The Morgan fingerprint density at radius 3 is 3.21 bits per heavy atom. The first-order valence-electron chi connectivity index (χ1n) is 5.06. The first kappa shape index (κ1) is 9.39. The summed E-state index contributed by atoms with van der Waals surface area (Å²) in [6.07, 6.45) is 3.72. The van der Waals surface area contributed by atoms with Crippen LogP contribution in [0.25, 0.3) is 0 Å². The monoisotopic (exact) mass is 196 g/mol. The van der Waals surface area contributed by atoms with E-state index in [1.165, 1.54) is 12.8 Å². The molecule has 0 bridgehead atoms. The van der Waals surface area contributed by atoms with E-state index in [-0.39, 0.29) is 0 Å². The molecule has 1 aliphatic heterocycles. The van der Waals surface area contributed by atoms with Crippen molar-refractivity contribution in [3.63, 3.8) is 0 Å². The third kappa shape index (κ3) is 2.20. The van der Waals surface area contributed by atoms with Crippen LogP contribution in [0.3, 0.4) is 0 Å².